The second-order valence-electron chi connectivity index (χ2n) is 5.36. The molecule has 2 aromatic carbocycles. The molecule has 4 heteroatoms. The fourth-order valence-corrected chi connectivity index (χ4v) is 3.86. The first kappa shape index (κ1) is 14.3. The predicted molar refractivity (Wildman–Crippen MR) is 91.0 cm³/mol. The Morgan fingerprint density at radius 3 is 2.61 bits per heavy atom. The van der Waals surface area contributed by atoms with E-state index in [1.807, 2.05) is 30.3 Å². The molecule has 1 aromatic heterocycles. The molecule has 2 heterocycles. The molecule has 2 nitrogen and oxygen atoms in total. The van der Waals surface area contributed by atoms with Crippen LogP contribution in [0.5, 0.6) is 0 Å². The number of thioether (sulfide) groups is 1. The van der Waals surface area contributed by atoms with E-state index in [0.29, 0.717) is 0 Å². The molecule has 1 aliphatic heterocycles. The maximum absolute atomic E-state index is 13.2. The van der Waals surface area contributed by atoms with E-state index >= 15 is 0 Å². The van der Waals surface area contributed by atoms with Crippen LogP contribution in [0.1, 0.15) is 23.0 Å². The van der Waals surface area contributed by atoms with Crippen LogP contribution in [-0.2, 0) is 0 Å². The Labute approximate surface area is 138 Å². The summed E-state index contributed by atoms with van der Waals surface area (Å²) >= 11 is 1.75. The largest absolute Gasteiger partial charge is 0.468 e. The van der Waals surface area contributed by atoms with Crippen LogP contribution in [0.25, 0.3) is 0 Å². The average Bonchev–Trinajstić information content (AvgIpc) is 3.03. The SMILES string of the molecule is Fc1ccc(C2=Nc3ccccc3S[C@@H](c3ccco3)C2)cc1. The number of aliphatic imine (C=N–C) groups is 1. The van der Waals surface area contributed by atoms with Crippen molar-refractivity contribution in [3.63, 3.8) is 0 Å². The van der Waals surface area contributed by atoms with Gasteiger partial charge in [-0.15, -0.1) is 11.8 Å². The molecule has 0 spiro atoms. The number of halogens is 1. The van der Waals surface area contributed by atoms with Crippen LogP contribution < -0.4 is 0 Å². The van der Waals surface area contributed by atoms with Crippen LogP contribution in [0.3, 0.4) is 0 Å². The van der Waals surface area contributed by atoms with Crippen LogP contribution in [0, 0.1) is 5.82 Å². The zero-order chi connectivity index (χ0) is 15.6. The third-order valence-corrected chi connectivity index (χ3v) is 5.09. The van der Waals surface area contributed by atoms with Crippen molar-refractivity contribution >= 4 is 23.2 Å². The molecular weight excluding hydrogens is 309 g/mol. The van der Waals surface area contributed by atoms with Gasteiger partial charge in [0.2, 0.25) is 0 Å². The van der Waals surface area contributed by atoms with Gasteiger partial charge in [-0.1, -0.05) is 24.3 Å². The van der Waals surface area contributed by atoms with E-state index in [4.69, 9.17) is 9.41 Å². The first-order valence-electron chi connectivity index (χ1n) is 7.42. The van der Waals surface area contributed by atoms with Gasteiger partial charge < -0.3 is 4.42 Å². The summed E-state index contributed by atoms with van der Waals surface area (Å²) in [6.07, 6.45) is 2.43. The molecule has 0 radical (unpaired) electrons. The van der Waals surface area contributed by atoms with Gasteiger partial charge in [0, 0.05) is 17.0 Å². The number of benzene rings is 2. The van der Waals surface area contributed by atoms with Crippen molar-refractivity contribution in [2.75, 3.05) is 0 Å². The molecule has 1 aliphatic rings. The van der Waals surface area contributed by atoms with Crippen molar-refractivity contribution in [2.24, 2.45) is 4.99 Å². The number of hydrogen-bond acceptors (Lipinski definition) is 3. The van der Waals surface area contributed by atoms with Crippen LogP contribution in [0.15, 0.2) is 81.2 Å². The maximum Gasteiger partial charge on any atom is 0.123 e. The van der Waals surface area contributed by atoms with E-state index in [-0.39, 0.29) is 11.1 Å². The molecule has 0 amide bonds. The summed E-state index contributed by atoms with van der Waals surface area (Å²) in [7, 11) is 0. The summed E-state index contributed by atoms with van der Waals surface area (Å²) in [6.45, 7) is 0. The zero-order valence-electron chi connectivity index (χ0n) is 12.3. The van der Waals surface area contributed by atoms with Gasteiger partial charge in [0.25, 0.3) is 0 Å². The molecule has 0 aliphatic carbocycles. The summed E-state index contributed by atoms with van der Waals surface area (Å²) < 4.78 is 18.8. The Bertz CT molecular complexity index is 840. The average molecular weight is 323 g/mol. The highest BCUT2D eigenvalue weighted by Gasteiger charge is 2.24. The van der Waals surface area contributed by atoms with E-state index in [2.05, 4.69) is 6.07 Å². The van der Waals surface area contributed by atoms with E-state index in [9.17, 15) is 4.39 Å². The fraction of sp³-hybridized carbons (Fsp3) is 0.105. The van der Waals surface area contributed by atoms with Gasteiger partial charge in [0.1, 0.15) is 11.6 Å². The lowest BCUT2D eigenvalue weighted by Gasteiger charge is -2.13. The van der Waals surface area contributed by atoms with Crippen LogP contribution >= 0.6 is 11.8 Å². The molecule has 0 N–H and O–H groups in total. The Hall–Kier alpha value is -2.33. The summed E-state index contributed by atoms with van der Waals surface area (Å²) in [6, 6.07) is 18.5. The number of para-hydroxylation sites is 1. The second kappa shape index (κ2) is 6.05. The first-order chi connectivity index (χ1) is 11.3. The fourth-order valence-electron chi connectivity index (χ4n) is 2.67. The van der Waals surface area contributed by atoms with Crippen molar-refractivity contribution in [3.05, 3.63) is 84.1 Å². The standard InChI is InChI=1S/C19H14FNOS/c20-14-9-7-13(8-10-14)16-12-19(17-5-3-11-22-17)23-18-6-2-1-4-15(18)21-16/h1-11,19H,12H2/t19-/m1/s1. The van der Waals surface area contributed by atoms with E-state index in [0.717, 1.165) is 34.0 Å². The van der Waals surface area contributed by atoms with E-state index in [1.165, 1.54) is 12.1 Å². The van der Waals surface area contributed by atoms with E-state index in [1.54, 1.807) is 30.2 Å². The van der Waals surface area contributed by atoms with Gasteiger partial charge in [-0.25, -0.2) is 4.39 Å². The second-order valence-corrected chi connectivity index (χ2v) is 6.60. The highest BCUT2D eigenvalue weighted by atomic mass is 32.2. The number of furan rings is 1. The molecule has 0 bridgehead atoms. The normalized spacial score (nSPS) is 17.3. The number of nitrogens with zero attached hydrogens (tertiary/aromatic N) is 1. The summed E-state index contributed by atoms with van der Waals surface area (Å²) in [4.78, 5) is 5.96. The van der Waals surface area contributed by atoms with Crippen molar-refractivity contribution in [2.45, 2.75) is 16.6 Å². The Morgan fingerprint density at radius 1 is 1.00 bits per heavy atom. The van der Waals surface area contributed by atoms with Gasteiger partial charge in [0.05, 0.1) is 17.2 Å². The molecule has 3 aromatic rings. The van der Waals surface area contributed by atoms with Crippen LogP contribution in [0.4, 0.5) is 10.1 Å². The number of fused-ring (bicyclic) bond motifs is 1. The monoisotopic (exact) mass is 323 g/mol. The third kappa shape index (κ3) is 2.94. The topological polar surface area (TPSA) is 25.5 Å². The zero-order valence-corrected chi connectivity index (χ0v) is 13.1. The summed E-state index contributed by atoms with van der Waals surface area (Å²) in [5.41, 5.74) is 2.84. The Morgan fingerprint density at radius 2 is 1.83 bits per heavy atom. The number of hydrogen-bond donors (Lipinski definition) is 0. The van der Waals surface area contributed by atoms with E-state index < -0.39 is 0 Å². The molecule has 114 valence electrons. The lowest BCUT2D eigenvalue weighted by molar-refractivity contribution is 0.508. The minimum atomic E-state index is -0.236. The maximum atomic E-state index is 13.2. The van der Waals surface area contributed by atoms with Gasteiger partial charge >= 0.3 is 0 Å². The molecular formula is C19H14FNOS. The van der Waals surface area contributed by atoms with Gasteiger partial charge in [-0.3, -0.25) is 4.99 Å². The molecule has 0 unspecified atom stereocenters. The van der Waals surface area contributed by atoms with Gasteiger partial charge in [0.15, 0.2) is 0 Å². The lowest BCUT2D eigenvalue weighted by Crippen LogP contribution is -2.05. The molecule has 0 saturated carbocycles. The molecule has 0 saturated heterocycles. The smallest absolute Gasteiger partial charge is 0.123 e. The quantitative estimate of drug-likeness (QED) is 0.597. The third-order valence-electron chi connectivity index (χ3n) is 3.81. The minimum absolute atomic E-state index is 0.150. The lowest BCUT2D eigenvalue weighted by atomic mass is 10.0. The summed E-state index contributed by atoms with van der Waals surface area (Å²) in [5, 5.41) is 0.150. The van der Waals surface area contributed by atoms with Gasteiger partial charge in [-0.2, -0.15) is 0 Å². The Balaban J connectivity index is 1.80. The highest BCUT2D eigenvalue weighted by molar-refractivity contribution is 7.99. The van der Waals surface area contributed by atoms with Crippen molar-refractivity contribution in [3.8, 4) is 0 Å². The van der Waals surface area contributed by atoms with Crippen LogP contribution in [0.2, 0.25) is 0 Å². The molecule has 4 rings (SSSR count). The van der Waals surface area contributed by atoms with Gasteiger partial charge in [-0.05, 0) is 42.0 Å². The van der Waals surface area contributed by atoms with Crippen molar-refractivity contribution in [1.29, 1.82) is 0 Å². The van der Waals surface area contributed by atoms with Crippen molar-refractivity contribution in [1.82, 2.24) is 0 Å². The number of rotatable bonds is 2. The molecule has 0 fully saturated rings. The summed E-state index contributed by atoms with van der Waals surface area (Å²) in [5.74, 6) is 0.696. The highest BCUT2D eigenvalue weighted by Crippen LogP contribution is 2.45. The van der Waals surface area contributed by atoms with Crippen LogP contribution in [-0.4, -0.2) is 5.71 Å². The molecule has 1 atom stereocenters. The first-order valence-corrected chi connectivity index (χ1v) is 8.30. The van der Waals surface area contributed by atoms with Crippen molar-refractivity contribution < 1.29 is 8.81 Å². The molecule has 23 heavy (non-hydrogen) atoms. The minimum Gasteiger partial charge on any atom is -0.468 e. The Kier molecular flexibility index (Phi) is 3.75. The predicted octanol–water partition coefficient (Wildman–Crippen LogP) is 5.78.